The Morgan fingerprint density at radius 3 is 2.77 bits per heavy atom. The molecule has 0 aliphatic heterocycles. The number of ether oxygens (including phenoxy) is 1. The van der Waals surface area contributed by atoms with E-state index in [1.165, 1.54) is 38.5 Å². The number of hydrogen-bond donors (Lipinski definition) is 3. The molecule has 1 fully saturated rings. The number of hydrogen-bond acceptors (Lipinski definition) is 8. The standard InChI is InChI=1S/C20H22N6O3S/c1-29-16-8-14(30(2,27)28)6-7-15(16)24-20-25-18(22-10-12-4-3-5-12)17-13(9-21)11-23-19(17)26-20/h6-8,11-12H,3-5,10H2,1-2H3,(H3,22,23,24,25,26). The zero-order chi connectivity index (χ0) is 21.3. The predicted molar refractivity (Wildman–Crippen MR) is 114 cm³/mol. The highest BCUT2D eigenvalue weighted by molar-refractivity contribution is 7.90. The van der Waals surface area contributed by atoms with Gasteiger partial charge < -0.3 is 20.4 Å². The number of fused-ring (bicyclic) bond motifs is 1. The van der Waals surface area contributed by atoms with E-state index in [1.54, 1.807) is 12.3 Å². The van der Waals surface area contributed by atoms with E-state index in [-0.39, 0.29) is 4.90 Å². The largest absolute Gasteiger partial charge is 0.495 e. The third kappa shape index (κ3) is 3.89. The van der Waals surface area contributed by atoms with Crippen molar-refractivity contribution in [3.05, 3.63) is 30.0 Å². The number of aromatic nitrogens is 3. The van der Waals surface area contributed by atoms with Gasteiger partial charge in [-0.3, -0.25) is 0 Å². The summed E-state index contributed by atoms with van der Waals surface area (Å²) in [5, 5.41) is 16.5. The maximum absolute atomic E-state index is 11.8. The smallest absolute Gasteiger partial charge is 0.231 e. The van der Waals surface area contributed by atoms with Crippen LogP contribution in [0.25, 0.3) is 11.0 Å². The number of sulfone groups is 1. The number of anilines is 3. The zero-order valence-corrected chi connectivity index (χ0v) is 17.5. The molecule has 2 heterocycles. The van der Waals surface area contributed by atoms with Crippen LogP contribution in [0.4, 0.5) is 17.5 Å². The predicted octanol–water partition coefficient (Wildman–Crippen LogP) is 3.20. The second-order valence-electron chi connectivity index (χ2n) is 7.37. The monoisotopic (exact) mass is 426 g/mol. The van der Waals surface area contributed by atoms with Crippen molar-refractivity contribution in [3.8, 4) is 11.8 Å². The highest BCUT2D eigenvalue weighted by Crippen LogP contribution is 2.32. The van der Waals surface area contributed by atoms with Gasteiger partial charge in [-0.15, -0.1) is 0 Å². The van der Waals surface area contributed by atoms with Crippen molar-refractivity contribution in [2.45, 2.75) is 24.2 Å². The number of nitrogens with one attached hydrogen (secondary N) is 3. The van der Waals surface area contributed by atoms with Crippen LogP contribution in [0.1, 0.15) is 24.8 Å². The summed E-state index contributed by atoms with van der Waals surface area (Å²) in [6.07, 6.45) is 6.38. The maximum atomic E-state index is 11.8. The Kier molecular flexibility index (Phi) is 5.22. The van der Waals surface area contributed by atoms with Crippen molar-refractivity contribution in [3.63, 3.8) is 0 Å². The molecule has 10 heteroatoms. The zero-order valence-electron chi connectivity index (χ0n) is 16.7. The van der Waals surface area contributed by atoms with Gasteiger partial charge in [0.25, 0.3) is 0 Å². The lowest BCUT2D eigenvalue weighted by Crippen LogP contribution is -2.21. The summed E-state index contributed by atoms with van der Waals surface area (Å²) in [5.41, 5.74) is 1.54. The lowest BCUT2D eigenvalue weighted by molar-refractivity contribution is 0.333. The van der Waals surface area contributed by atoms with Crippen molar-refractivity contribution in [2.75, 3.05) is 30.5 Å². The quantitative estimate of drug-likeness (QED) is 0.525. The van der Waals surface area contributed by atoms with E-state index in [0.29, 0.717) is 45.7 Å². The third-order valence-electron chi connectivity index (χ3n) is 5.28. The summed E-state index contributed by atoms with van der Waals surface area (Å²) in [4.78, 5) is 12.2. The lowest BCUT2D eigenvalue weighted by atomic mass is 9.85. The molecular weight excluding hydrogens is 404 g/mol. The fourth-order valence-corrected chi connectivity index (χ4v) is 4.01. The van der Waals surface area contributed by atoms with Crippen LogP contribution in [0.2, 0.25) is 0 Å². The summed E-state index contributed by atoms with van der Waals surface area (Å²) < 4.78 is 29.0. The maximum Gasteiger partial charge on any atom is 0.231 e. The van der Waals surface area contributed by atoms with E-state index < -0.39 is 9.84 Å². The first-order valence-corrected chi connectivity index (χ1v) is 11.5. The van der Waals surface area contributed by atoms with E-state index >= 15 is 0 Å². The van der Waals surface area contributed by atoms with E-state index in [9.17, 15) is 13.7 Å². The number of H-pyrrole nitrogens is 1. The minimum atomic E-state index is -3.36. The van der Waals surface area contributed by atoms with Crippen LogP contribution in [0, 0.1) is 17.2 Å². The topological polar surface area (TPSA) is 133 Å². The normalized spacial score (nSPS) is 14.2. The van der Waals surface area contributed by atoms with Gasteiger partial charge in [0, 0.05) is 25.1 Å². The Morgan fingerprint density at radius 1 is 1.33 bits per heavy atom. The van der Waals surface area contributed by atoms with Gasteiger partial charge in [-0.05, 0) is 30.9 Å². The molecule has 3 aromatic rings. The molecule has 9 nitrogen and oxygen atoms in total. The average Bonchev–Trinajstić information content (AvgIpc) is 3.09. The van der Waals surface area contributed by atoms with Gasteiger partial charge in [0.1, 0.15) is 23.3 Å². The number of rotatable bonds is 7. The van der Waals surface area contributed by atoms with E-state index in [1.807, 2.05) is 0 Å². The van der Waals surface area contributed by atoms with Gasteiger partial charge in [-0.25, -0.2) is 8.42 Å². The molecule has 1 aromatic carbocycles. The van der Waals surface area contributed by atoms with Gasteiger partial charge in [0.05, 0.1) is 28.6 Å². The molecule has 0 bridgehead atoms. The van der Waals surface area contributed by atoms with Crippen molar-refractivity contribution in [2.24, 2.45) is 5.92 Å². The van der Waals surface area contributed by atoms with Crippen molar-refractivity contribution in [1.82, 2.24) is 15.0 Å². The summed E-state index contributed by atoms with van der Waals surface area (Å²) in [7, 11) is -1.89. The molecule has 4 rings (SSSR count). The molecule has 1 aliphatic carbocycles. The Bertz CT molecular complexity index is 1240. The summed E-state index contributed by atoms with van der Waals surface area (Å²) >= 11 is 0. The van der Waals surface area contributed by atoms with Gasteiger partial charge in [-0.1, -0.05) is 6.42 Å². The van der Waals surface area contributed by atoms with Gasteiger partial charge >= 0.3 is 0 Å². The van der Waals surface area contributed by atoms with Crippen molar-refractivity contribution >= 4 is 38.3 Å². The van der Waals surface area contributed by atoms with Gasteiger partial charge in [0.15, 0.2) is 9.84 Å². The number of nitrogens with zero attached hydrogens (tertiary/aromatic N) is 3. The number of aromatic amines is 1. The highest BCUT2D eigenvalue weighted by atomic mass is 32.2. The van der Waals surface area contributed by atoms with Crippen LogP contribution < -0.4 is 15.4 Å². The molecule has 1 aliphatic rings. The van der Waals surface area contributed by atoms with Gasteiger partial charge in [0.2, 0.25) is 5.95 Å². The van der Waals surface area contributed by atoms with E-state index in [0.717, 1.165) is 12.8 Å². The molecule has 1 saturated carbocycles. The fraction of sp³-hybridized carbons (Fsp3) is 0.350. The van der Waals surface area contributed by atoms with Crippen LogP contribution in [-0.2, 0) is 9.84 Å². The third-order valence-corrected chi connectivity index (χ3v) is 6.39. The first kappa shape index (κ1) is 20.0. The first-order chi connectivity index (χ1) is 14.4. The Morgan fingerprint density at radius 2 is 2.13 bits per heavy atom. The second-order valence-corrected chi connectivity index (χ2v) is 9.39. The molecule has 0 amide bonds. The minimum absolute atomic E-state index is 0.159. The molecule has 2 aromatic heterocycles. The second kappa shape index (κ2) is 7.84. The highest BCUT2D eigenvalue weighted by Gasteiger charge is 2.20. The molecule has 156 valence electrons. The number of methoxy groups -OCH3 is 1. The molecule has 3 N–H and O–H groups in total. The Balaban J connectivity index is 1.70. The van der Waals surface area contributed by atoms with Crippen LogP contribution >= 0.6 is 0 Å². The Labute approximate surface area is 174 Å². The summed E-state index contributed by atoms with van der Waals surface area (Å²) in [6.45, 7) is 0.786. The van der Waals surface area contributed by atoms with Gasteiger partial charge in [-0.2, -0.15) is 15.2 Å². The SMILES string of the molecule is COc1cc(S(C)(=O)=O)ccc1Nc1nc(NCC2CCC2)c2c(C#N)c[nH]c2n1. The average molecular weight is 427 g/mol. The summed E-state index contributed by atoms with van der Waals surface area (Å²) in [5.74, 6) is 1.85. The molecule has 0 spiro atoms. The molecule has 0 atom stereocenters. The molecule has 0 radical (unpaired) electrons. The van der Waals surface area contributed by atoms with Crippen molar-refractivity contribution in [1.29, 1.82) is 5.26 Å². The van der Waals surface area contributed by atoms with E-state index in [4.69, 9.17) is 4.74 Å². The molecule has 0 unspecified atom stereocenters. The first-order valence-electron chi connectivity index (χ1n) is 9.57. The van der Waals surface area contributed by atoms with E-state index in [2.05, 4.69) is 31.7 Å². The molecular formula is C20H22N6O3S. The number of benzene rings is 1. The minimum Gasteiger partial charge on any atom is -0.495 e. The van der Waals surface area contributed by atoms with Crippen LogP contribution in [0.5, 0.6) is 5.75 Å². The van der Waals surface area contributed by atoms with Crippen LogP contribution in [0.15, 0.2) is 29.3 Å². The molecule has 30 heavy (non-hydrogen) atoms. The Hall–Kier alpha value is -3.32. The molecule has 0 saturated heterocycles. The summed E-state index contributed by atoms with van der Waals surface area (Å²) in [6, 6.07) is 6.73. The fourth-order valence-electron chi connectivity index (χ4n) is 3.37. The van der Waals surface area contributed by atoms with Crippen molar-refractivity contribution < 1.29 is 13.2 Å². The van der Waals surface area contributed by atoms with Crippen LogP contribution in [0.3, 0.4) is 0 Å². The number of nitriles is 1. The lowest BCUT2D eigenvalue weighted by Gasteiger charge is -2.25. The van der Waals surface area contributed by atoms with Crippen LogP contribution in [-0.4, -0.2) is 43.3 Å².